The lowest BCUT2D eigenvalue weighted by molar-refractivity contribution is 0.446. The number of benzene rings is 1. The summed E-state index contributed by atoms with van der Waals surface area (Å²) in [4.78, 5) is 8.96. The van der Waals surface area contributed by atoms with Gasteiger partial charge in [-0.2, -0.15) is 0 Å². The van der Waals surface area contributed by atoms with Gasteiger partial charge in [0.05, 0.1) is 0 Å². The minimum absolute atomic E-state index is 0.534. The highest BCUT2D eigenvalue weighted by Crippen LogP contribution is 2.30. The average Bonchev–Trinajstić information content (AvgIpc) is 3.14. The average molecular weight is 340 g/mol. The van der Waals surface area contributed by atoms with E-state index in [-0.39, 0.29) is 0 Å². The fourth-order valence-corrected chi connectivity index (χ4v) is 2.89. The molecule has 0 saturated carbocycles. The van der Waals surface area contributed by atoms with Crippen LogP contribution in [0.2, 0.25) is 5.02 Å². The molecule has 5 nitrogen and oxygen atoms in total. The first-order valence-electron chi connectivity index (χ1n) is 7.54. The second-order valence-corrected chi connectivity index (χ2v) is 6.08. The Morgan fingerprint density at radius 2 is 1.96 bits per heavy atom. The number of aryl methyl sites for hydroxylation is 2. The molecular weight excluding hydrogens is 326 g/mol. The van der Waals surface area contributed by atoms with Gasteiger partial charge in [-0.15, -0.1) is 0 Å². The predicted molar refractivity (Wildman–Crippen MR) is 91.0 cm³/mol. The molecule has 0 unspecified atom stereocenters. The van der Waals surface area contributed by atoms with Crippen molar-refractivity contribution >= 4 is 22.7 Å². The molecule has 0 aliphatic carbocycles. The van der Waals surface area contributed by atoms with E-state index in [0.29, 0.717) is 39.8 Å². The van der Waals surface area contributed by atoms with Crippen LogP contribution in [-0.4, -0.2) is 15.1 Å². The molecule has 24 heavy (non-hydrogen) atoms. The molecule has 0 fully saturated rings. The summed E-state index contributed by atoms with van der Waals surface area (Å²) in [5, 5.41) is 4.88. The predicted octanol–water partition coefficient (Wildman–Crippen LogP) is 4.74. The molecule has 0 saturated heterocycles. The molecule has 6 heteroatoms. The lowest BCUT2D eigenvalue weighted by Gasteiger charge is -2.01. The van der Waals surface area contributed by atoms with Crippen LogP contribution in [-0.2, 0) is 6.42 Å². The van der Waals surface area contributed by atoms with Gasteiger partial charge in [0.15, 0.2) is 11.5 Å². The number of furan rings is 1. The van der Waals surface area contributed by atoms with Gasteiger partial charge < -0.3 is 8.94 Å². The number of fused-ring (bicyclic) bond motifs is 1. The Labute approximate surface area is 143 Å². The third kappa shape index (κ3) is 2.67. The molecule has 0 bridgehead atoms. The van der Waals surface area contributed by atoms with Crippen molar-refractivity contribution < 1.29 is 8.94 Å². The smallest absolute Gasteiger partial charge is 0.215 e. The van der Waals surface area contributed by atoms with Gasteiger partial charge >= 0.3 is 0 Å². The van der Waals surface area contributed by atoms with Crippen LogP contribution in [0.4, 0.5) is 0 Å². The molecule has 0 amide bonds. The van der Waals surface area contributed by atoms with Crippen LogP contribution in [0.25, 0.3) is 22.6 Å². The topological polar surface area (TPSA) is 65.0 Å². The Bertz CT molecular complexity index is 1040. The van der Waals surface area contributed by atoms with Crippen molar-refractivity contribution in [1.82, 2.24) is 15.1 Å². The summed E-state index contributed by atoms with van der Waals surface area (Å²) in [5.74, 6) is 2.10. The van der Waals surface area contributed by atoms with Gasteiger partial charge in [0, 0.05) is 11.4 Å². The number of halogens is 1. The molecule has 1 aromatic carbocycles. The number of nitrogens with zero attached hydrogens (tertiary/aromatic N) is 3. The van der Waals surface area contributed by atoms with Crippen LogP contribution in [0, 0.1) is 13.8 Å². The molecule has 0 aliphatic rings. The minimum atomic E-state index is 0.534. The monoisotopic (exact) mass is 339 g/mol. The van der Waals surface area contributed by atoms with E-state index in [1.165, 1.54) is 0 Å². The minimum Gasteiger partial charge on any atom is -0.460 e. The Hall–Kier alpha value is -2.66. The molecule has 4 aromatic rings. The van der Waals surface area contributed by atoms with Crippen molar-refractivity contribution in [3.63, 3.8) is 0 Å². The molecule has 3 heterocycles. The highest BCUT2D eigenvalue weighted by molar-refractivity contribution is 6.30. The normalized spacial score (nSPS) is 11.3. The summed E-state index contributed by atoms with van der Waals surface area (Å²) < 4.78 is 11.2. The number of hydrogen-bond acceptors (Lipinski definition) is 5. The number of rotatable bonds is 3. The standard InChI is InChI=1S/C18H14ClN3O2/c1-10-6-7-15(23-10)17-18-16(20-11(2)21-17)14(22-24-18)9-12-4-3-5-13(19)8-12/h3-8H,9H2,1-2H3. The fourth-order valence-electron chi connectivity index (χ4n) is 2.67. The second-order valence-electron chi connectivity index (χ2n) is 5.64. The Morgan fingerprint density at radius 3 is 2.71 bits per heavy atom. The first-order chi connectivity index (χ1) is 11.6. The van der Waals surface area contributed by atoms with Crippen LogP contribution in [0.15, 0.2) is 45.3 Å². The van der Waals surface area contributed by atoms with Crippen molar-refractivity contribution in [3.05, 3.63) is 64.3 Å². The van der Waals surface area contributed by atoms with E-state index in [4.69, 9.17) is 20.5 Å². The van der Waals surface area contributed by atoms with Crippen LogP contribution >= 0.6 is 11.6 Å². The first-order valence-corrected chi connectivity index (χ1v) is 7.92. The molecule has 120 valence electrons. The summed E-state index contributed by atoms with van der Waals surface area (Å²) in [6.45, 7) is 3.73. The van der Waals surface area contributed by atoms with E-state index in [1.54, 1.807) is 0 Å². The van der Waals surface area contributed by atoms with Crippen molar-refractivity contribution in [1.29, 1.82) is 0 Å². The highest BCUT2D eigenvalue weighted by atomic mass is 35.5. The van der Waals surface area contributed by atoms with E-state index in [2.05, 4.69) is 15.1 Å². The first kappa shape index (κ1) is 14.9. The molecule has 0 aliphatic heterocycles. The largest absolute Gasteiger partial charge is 0.460 e. The third-order valence-electron chi connectivity index (χ3n) is 3.73. The summed E-state index contributed by atoms with van der Waals surface area (Å²) in [6.07, 6.45) is 0.584. The Balaban J connectivity index is 1.83. The summed E-state index contributed by atoms with van der Waals surface area (Å²) in [5.41, 5.74) is 3.65. The summed E-state index contributed by atoms with van der Waals surface area (Å²) in [6, 6.07) is 11.4. The fraction of sp³-hybridized carbons (Fsp3) is 0.167. The summed E-state index contributed by atoms with van der Waals surface area (Å²) >= 11 is 6.05. The van der Waals surface area contributed by atoms with E-state index in [0.717, 1.165) is 17.0 Å². The highest BCUT2D eigenvalue weighted by Gasteiger charge is 2.19. The SMILES string of the molecule is Cc1nc(-c2ccc(C)o2)c2onc(Cc3cccc(Cl)c3)c2n1. The zero-order valence-corrected chi connectivity index (χ0v) is 14.0. The molecule has 0 N–H and O–H groups in total. The maximum Gasteiger partial charge on any atom is 0.215 e. The molecule has 0 radical (unpaired) electrons. The van der Waals surface area contributed by atoms with Crippen LogP contribution in [0.3, 0.4) is 0 Å². The van der Waals surface area contributed by atoms with Crippen molar-refractivity contribution in [2.75, 3.05) is 0 Å². The van der Waals surface area contributed by atoms with E-state index in [9.17, 15) is 0 Å². The molecule has 0 atom stereocenters. The number of hydrogen-bond donors (Lipinski definition) is 0. The third-order valence-corrected chi connectivity index (χ3v) is 3.97. The van der Waals surface area contributed by atoms with Crippen molar-refractivity contribution in [3.8, 4) is 11.5 Å². The lowest BCUT2D eigenvalue weighted by Crippen LogP contribution is -1.95. The molecular formula is C18H14ClN3O2. The van der Waals surface area contributed by atoms with Gasteiger partial charge in [0.1, 0.15) is 22.8 Å². The zero-order valence-electron chi connectivity index (χ0n) is 13.2. The Kier molecular flexibility index (Phi) is 3.58. The van der Waals surface area contributed by atoms with E-state index < -0.39 is 0 Å². The second kappa shape index (κ2) is 5.76. The lowest BCUT2D eigenvalue weighted by atomic mass is 10.1. The quantitative estimate of drug-likeness (QED) is 0.539. The van der Waals surface area contributed by atoms with Gasteiger partial charge in [0.2, 0.25) is 5.58 Å². The maximum atomic E-state index is 6.05. The van der Waals surface area contributed by atoms with Gasteiger partial charge in [0.25, 0.3) is 0 Å². The summed E-state index contributed by atoms with van der Waals surface area (Å²) in [7, 11) is 0. The number of aromatic nitrogens is 3. The van der Waals surface area contributed by atoms with E-state index in [1.807, 2.05) is 50.2 Å². The van der Waals surface area contributed by atoms with Crippen LogP contribution in [0.1, 0.15) is 22.8 Å². The van der Waals surface area contributed by atoms with Gasteiger partial charge in [-0.05, 0) is 43.7 Å². The van der Waals surface area contributed by atoms with Gasteiger partial charge in [-0.3, -0.25) is 0 Å². The Morgan fingerprint density at radius 1 is 1.08 bits per heavy atom. The maximum absolute atomic E-state index is 6.05. The zero-order chi connectivity index (χ0) is 16.7. The molecule has 4 rings (SSSR count). The van der Waals surface area contributed by atoms with Crippen LogP contribution < -0.4 is 0 Å². The van der Waals surface area contributed by atoms with Crippen molar-refractivity contribution in [2.24, 2.45) is 0 Å². The van der Waals surface area contributed by atoms with E-state index >= 15 is 0 Å². The van der Waals surface area contributed by atoms with Gasteiger partial charge in [-0.1, -0.05) is 28.9 Å². The van der Waals surface area contributed by atoms with Crippen molar-refractivity contribution in [2.45, 2.75) is 20.3 Å². The van der Waals surface area contributed by atoms with Gasteiger partial charge in [-0.25, -0.2) is 9.97 Å². The molecule has 0 spiro atoms. The molecule has 3 aromatic heterocycles. The van der Waals surface area contributed by atoms with Crippen LogP contribution in [0.5, 0.6) is 0 Å².